The van der Waals surface area contributed by atoms with E-state index < -0.39 is 22.7 Å². The molecule has 0 aliphatic rings. The summed E-state index contributed by atoms with van der Waals surface area (Å²) in [6.07, 6.45) is -1.78. The maximum atomic E-state index is 12.6. The van der Waals surface area contributed by atoms with Crippen molar-refractivity contribution in [3.05, 3.63) is 33.0 Å². The number of nitrogens with two attached hydrogens (primary N) is 1. The number of rotatable bonds is 3. The molecule has 1 aromatic heterocycles. The zero-order valence-corrected chi connectivity index (χ0v) is 7.91. The number of aryl methyl sites for hydroxylation is 1. The van der Waals surface area contributed by atoms with Crippen molar-refractivity contribution in [2.24, 2.45) is 5.73 Å². The first-order valence-corrected chi connectivity index (χ1v) is 4.10. The molecule has 0 atom stereocenters. The first-order chi connectivity index (χ1) is 6.99. The standard InChI is InChI=1S/C8H9F2N3O2/c1-4-3-12-8(13(14)15)6(7(9)10)5(4)2-11/h3,7H,2,11H2,1H3. The minimum absolute atomic E-state index is 0.0895. The van der Waals surface area contributed by atoms with E-state index in [1.165, 1.54) is 13.1 Å². The average molecular weight is 217 g/mol. The monoisotopic (exact) mass is 217 g/mol. The van der Waals surface area contributed by atoms with Gasteiger partial charge >= 0.3 is 5.82 Å². The molecular formula is C8H9F2N3O2. The van der Waals surface area contributed by atoms with Crippen molar-refractivity contribution in [2.75, 3.05) is 0 Å². The molecule has 15 heavy (non-hydrogen) atoms. The highest BCUT2D eigenvalue weighted by atomic mass is 19.3. The summed E-state index contributed by atoms with van der Waals surface area (Å²) in [7, 11) is 0. The van der Waals surface area contributed by atoms with E-state index in [0.29, 0.717) is 5.56 Å². The van der Waals surface area contributed by atoms with Gasteiger partial charge < -0.3 is 15.8 Å². The summed E-state index contributed by atoms with van der Waals surface area (Å²) in [5.41, 5.74) is 5.11. The minimum Gasteiger partial charge on any atom is -0.358 e. The predicted molar refractivity (Wildman–Crippen MR) is 48.5 cm³/mol. The molecule has 2 N–H and O–H groups in total. The van der Waals surface area contributed by atoms with E-state index >= 15 is 0 Å². The molecule has 0 unspecified atom stereocenters. The lowest BCUT2D eigenvalue weighted by molar-refractivity contribution is -0.391. The SMILES string of the molecule is Cc1cnc([N+](=O)[O-])c(C(F)F)c1CN. The molecule has 0 bridgehead atoms. The molecule has 0 saturated heterocycles. The fourth-order valence-corrected chi connectivity index (χ4v) is 1.30. The van der Waals surface area contributed by atoms with E-state index in [1.54, 1.807) is 0 Å². The second kappa shape index (κ2) is 4.26. The molecule has 0 aliphatic heterocycles. The summed E-state index contributed by atoms with van der Waals surface area (Å²) < 4.78 is 25.2. The van der Waals surface area contributed by atoms with Crippen molar-refractivity contribution in [3.63, 3.8) is 0 Å². The topological polar surface area (TPSA) is 82.0 Å². The molecule has 7 heteroatoms. The summed E-state index contributed by atoms with van der Waals surface area (Å²) in [6, 6.07) is 0. The van der Waals surface area contributed by atoms with Crippen molar-refractivity contribution in [3.8, 4) is 0 Å². The Kier molecular flexibility index (Phi) is 3.25. The highest BCUT2D eigenvalue weighted by molar-refractivity contribution is 5.44. The molecule has 0 aliphatic carbocycles. The molecular weight excluding hydrogens is 208 g/mol. The number of aromatic nitrogens is 1. The van der Waals surface area contributed by atoms with Crippen LogP contribution in [0, 0.1) is 17.0 Å². The van der Waals surface area contributed by atoms with Gasteiger partial charge in [0.1, 0.15) is 11.8 Å². The number of pyridine rings is 1. The molecule has 1 heterocycles. The predicted octanol–water partition coefficient (Wildman–Crippen LogP) is 1.69. The molecule has 1 rings (SSSR count). The maximum absolute atomic E-state index is 12.6. The Balaban J connectivity index is 3.49. The molecule has 1 aromatic rings. The highest BCUT2D eigenvalue weighted by Gasteiger charge is 2.27. The Labute approximate surface area is 84.1 Å². The van der Waals surface area contributed by atoms with Gasteiger partial charge in [-0.15, -0.1) is 0 Å². The molecule has 82 valence electrons. The van der Waals surface area contributed by atoms with Crippen LogP contribution >= 0.6 is 0 Å². The summed E-state index contributed by atoms with van der Waals surface area (Å²) >= 11 is 0. The fourth-order valence-electron chi connectivity index (χ4n) is 1.30. The number of nitro groups is 1. The van der Waals surface area contributed by atoms with Crippen LogP contribution in [0.3, 0.4) is 0 Å². The van der Waals surface area contributed by atoms with Gasteiger partial charge in [-0.1, -0.05) is 0 Å². The van der Waals surface area contributed by atoms with E-state index in [0.717, 1.165) is 0 Å². The van der Waals surface area contributed by atoms with Crippen LogP contribution in [0.4, 0.5) is 14.6 Å². The van der Waals surface area contributed by atoms with E-state index in [2.05, 4.69) is 4.98 Å². The zero-order chi connectivity index (χ0) is 11.6. The Hall–Kier alpha value is -1.63. The second-order valence-corrected chi connectivity index (χ2v) is 2.92. The maximum Gasteiger partial charge on any atom is 0.372 e. The largest absolute Gasteiger partial charge is 0.372 e. The highest BCUT2D eigenvalue weighted by Crippen LogP contribution is 2.31. The van der Waals surface area contributed by atoms with Gasteiger partial charge in [0.15, 0.2) is 0 Å². The smallest absolute Gasteiger partial charge is 0.358 e. The van der Waals surface area contributed by atoms with Gasteiger partial charge in [0.25, 0.3) is 6.43 Å². The summed E-state index contributed by atoms with van der Waals surface area (Å²) in [5, 5.41) is 10.5. The van der Waals surface area contributed by atoms with Gasteiger partial charge in [0, 0.05) is 6.54 Å². The summed E-state index contributed by atoms with van der Waals surface area (Å²) in [4.78, 5) is 12.9. The van der Waals surface area contributed by atoms with Crippen LogP contribution in [0.5, 0.6) is 0 Å². The number of alkyl halides is 2. The molecule has 0 amide bonds. The lowest BCUT2D eigenvalue weighted by atomic mass is 10.0. The van der Waals surface area contributed by atoms with E-state index in [9.17, 15) is 18.9 Å². The molecule has 0 fully saturated rings. The van der Waals surface area contributed by atoms with Gasteiger partial charge in [0.05, 0.1) is 0 Å². The molecule has 5 nitrogen and oxygen atoms in total. The van der Waals surface area contributed by atoms with Gasteiger partial charge in [0.2, 0.25) is 0 Å². The number of halogens is 2. The third-order valence-electron chi connectivity index (χ3n) is 2.02. The Morgan fingerprint density at radius 2 is 2.27 bits per heavy atom. The summed E-state index contributed by atoms with van der Waals surface area (Å²) in [6.45, 7) is 1.36. The van der Waals surface area contributed by atoms with Crippen molar-refractivity contribution < 1.29 is 13.7 Å². The fraction of sp³-hybridized carbons (Fsp3) is 0.375. The normalized spacial score (nSPS) is 10.7. The van der Waals surface area contributed by atoms with E-state index in [1.807, 2.05) is 0 Å². The second-order valence-electron chi connectivity index (χ2n) is 2.92. The van der Waals surface area contributed by atoms with Crippen LogP contribution in [0.2, 0.25) is 0 Å². The number of nitrogens with zero attached hydrogens (tertiary/aromatic N) is 2. The molecule has 0 saturated carbocycles. The van der Waals surface area contributed by atoms with Gasteiger partial charge in [-0.05, 0) is 28.0 Å². The van der Waals surface area contributed by atoms with Gasteiger partial charge in [-0.25, -0.2) is 8.78 Å². The van der Waals surface area contributed by atoms with Crippen LogP contribution in [0.1, 0.15) is 23.1 Å². The molecule has 0 aromatic carbocycles. The van der Waals surface area contributed by atoms with Crippen molar-refractivity contribution >= 4 is 5.82 Å². The van der Waals surface area contributed by atoms with Crippen molar-refractivity contribution in [1.29, 1.82) is 0 Å². The van der Waals surface area contributed by atoms with Crippen LogP contribution < -0.4 is 5.73 Å². The minimum atomic E-state index is -2.95. The van der Waals surface area contributed by atoms with Crippen molar-refractivity contribution in [1.82, 2.24) is 4.98 Å². The number of hydrogen-bond acceptors (Lipinski definition) is 4. The van der Waals surface area contributed by atoms with Crippen LogP contribution in [0.15, 0.2) is 6.20 Å². The summed E-state index contributed by atoms with van der Waals surface area (Å²) in [5.74, 6) is -0.823. The average Bonchev–Trinajstić information content (AvgIpc) is 2.16. The Bertz CT molecular complexity index is 396. The lowest BCUT2D eigenvalue weighted by Crippen LogP contribution is -2.09. The van der Waals surface area contributed by atoms with Crippen LogP contribution in [0.25, 0.3) is 0 Å². The third kappa shape index (κ3) is 2.07. The van der Waals surface area contributed by atoms with Crippen molar-refractivity contribution in [2.45, 2.75) is 19.9 Å². The first kappa shape index (κ1) is 11.4. The third-order valence-corrected chi connectivity index (χ3v) is 2.02. The van der Waals surface area contributed by atoms with Gasteiger partial charge in [-0.2, -0.15) is 0 Å². The Morgan fingerprint density at radius 1 is 1.67 bits per heavy atom. The molecule has 0 spiro atoms. The lowest BCUT2D eigenvalue weighted by Gasteiger charge is -2.08. The molecule has 0 radical (unpaired) electrons. The van der Waals surface area contributed by atoms with Crippen LogP contribution in [-0.2, 0) is 6.54 Å². The number of hydrogen-bond donors (Lipinski definition) is 1. The first-order valence-electron chi connectivity index (χ1n) is 4.10. The van der Waals surface area contributed by atoms with E-state index in [-0.39, 0.29) is 12.1 Å². The van der Waals surface area contributed by atoms with Crippen LogP contribution in [-0.4, -0.2) is 9.91 Å². The Morgan fingerprint density at radius 3 is 2.67 bits per heavy atom. The quantitative estimate of drug-likeness (QED) is 0.617. The van der Waals surface area contributed by atoms with E-state index in [4.69, 9.17) is 5.73 Å². The zero-order valence-electron chi connectivity index (χ0n) is 7.91. The van der Waals surface area contributed by atoms with Gasteiger partial charge in [-0.3, -0.25) is 0 Å².